The third kappa shape index (κ3) is 6.38. The molecule has 1 aromatic carbocycles. The van der Waals surface area contributed by atoms with Crippen molar-refractivity contribution < 1.29 is 9.53 Å². The Bertz CT molecular complexity index is 516. The van der Waals surface area contributed by atoms with Crippen molar-refractivity contribution >= 4 is 33.6 Å². The summed E-state index contributed by atoms with van der Waals surface area (Å²) in [5.74, 6) is 2.12. The normalized spacial score (nSPS) is 15.1. The minimum Gasteiger partial charge on any atom is -0.483 e. The summed E-state index contributed by atoms with van der Waals surface area (Å²) in [6.45, 7) is 5.09. The molecule has 1 N–H and O–H groups in total. The van der Waals surface area contributed by atoms with Crippen molar-refractivity contribution in [2.45, 2.75) is 50.7 Å². The maximum Gasteiger partial charge on any atom is 0.257 e. The Balaban J connectivity index is 1.65. The summed E-state index contributed by atoms with van der Waals surface area (Å²) in [6.07, 6.45) is 5.40. The quantitative estimate of drug-likeness (QED) is 0.641. The second kappa shape index (κ2) is 9.58. The van der Waals surface area contributed by atoms with Crippen LogP contribution in [-0.4, -0.2) is 30.1 Å². The van der Waals surface area contributed by atoms with E-state index >= 15 is 0 Å². The highest BCUT2D eigenvalue weighted by molar-refractivity contribution is 9.10. The lowest BCUT2D eigenvalue weighted by molar-refractivity contribution is -0.122. The van der Waals surface area contributed by atoms with Gasteiger partial charge < -0.3 is 10.1 Å². The van der Waals surface area contributed by atoms with Gasteiger partial charge in [0.15, 0.2) is 6.61 Å². The highest BCUT2D eigenvalue weighted by Crippen LogP contribution is 2.29. The van der Waals surface area contributed by atoms with Crippen LogP contribution < -0.4 is 10.1 Å². The Labute approximate surface area is 152 Å². The van der Waals surface area contributed by atoms with Gasteiger partial charge in [0, 0.05) is 17.5 Å². The number of ether oxygens (including phenoxy) is 1. The summed E-state index contributed by atoms with van der Waals surface area (Å²) in [5, 5.41) is 3.73. The zero-order valence-corrected chi connectivity index (χ0v) is 16.3. The fourth-order valence-corrected chi connectivity index (χ4v) is 4.39. The smallest absolute Gasteiger partial charge is 0.257 e. The highest BCUT2D eigenvalue weighted by Gasteiger charge is 2.14. The molecule has 0 bridgehead atoms. The van der Waals surface area contributed by atoms with Crippen molar-refractivity contribution in [2.75, 3.05) is 18.9 Å². The van der Waals surface area contributed by atoms with Crippen molar-refractivity contribution in [1.82, 2.24) is 5.32 Å². The van der Waals surface area contributed by atoms with E-state index in [1.807, 2.05) is 23.9 Å². The number of rotatable bonds is 8. The van der Waals surface area contributed by atoms with Crippen LogP contribution in [0.25, 0.3) is 0 Å². The lowest BCUT2D eigenvalue weighted by atomic mass is 10.0. The average Bonchev–Trinajstić information content (AvgIpc) is 3.03. The maximum absolute atomic E-state index is 11.8. The van der Waals surface area contributed by atoms with E-state index < -0.39 is 0 Å². The molecular formula is C18H26BrNO2S. The molecule has 0 spiro atoms. The molecule has 0 atom stereocenters. The molecule has 0 aliphatic heterocycles. The van der Waals surface area contributed by atoms with Gasteiger partial charge in [-0.05, 0) is 52.4 Å². The van der Waals surface area contributed by atoms with Gasteiger partial charge in [-0.3, -0.25) is 4.79 Å². The summed E-state index contributed by atoms with van der Waals surface area (Å²) in [6, 6.07) is 6.01. The molecule has 3 nitrogen and oxygen atoms in total. The number of halogens is 1. The summed E-state index contributed by atoms with van der Waals surface area (Å²) < 4.78 is 6.49. The number of hydrogen-bond donors (Lipinski definition) is 1. The van der Waals surface area contributed by atoms with Crippen molar-refractivity contribution in [3.05, 3.63) is 28.2 Å². The van der Waals surface area contributed by atoms with Crippen LogP contribution in [0.15, 0.2) is 22.7 Å². The lowest BCUT2D eigenvalue weighted by Gasteiger charge is -2.12. The number of benzene rings is 1. The first-order valence-corrected chi connectivity index (χ1v) is 10.2. The Morgan fingerprint density at radius 2 is 2.13 bits per heavy atom. The van der Waals surface area contributed by atoms with Crippen LogP contribution in [0.5, 0.6) is 5.75 Å². The largest absolute Gasteiger partial charge is 0.483 e. The van der Waals surface area contributed by atoms with E-state index in [9.17, 15) is 4.79 Å². The van der Waals surface area contributed by atoms with Crippen LogP contribution >= 0.6 is 27.7 Å². The predicted octanol–water partition coefficient (Wildman–Crippen LogP) is 4.74. The molecule has 0 saturated heterocycles. The molecule has 1 saturated carbocycles. The van der Waals surface area contributed by atoms with Gasteiger partial charge in [0.25, 0.3) is 5.91 Å². The van der Waals surface area contributed by atoms with Gasteiger partial charge in [0.05, 0.1) is 4.47 Å². The van der Waals surface area contributed by atoms with Gasteiger partial charge in [-0.1, -0.05) is 32.8 Å². The van der Waals surface area contributed by atoms with Gasteiger partial charge in [-0.15, -0.1) is 0 Å². The molecule has 5 heteroatoms. The molecule has 1 aliphatic rings. The first-order valence-electron chi connectivity index (χ1n) is 8.37. The number of carbonyl (C=O) groups is 1. The monoisotopic (exact) mass is 399 g/mol. The summed E-state index contributed by atoms with van der Waals surface area (Å²) >= 11 is 5.49. The Morgan fingerprint density at radius 3 is 2.78 bits per heavy atom. The third-order valence-electron chi connectivity index (χ3n) is 4.06. The number of amides is 1. The Kier molecular flexibility index (Phi) is 7.77. The molecule has 1 amide bonds. The minimum absolute atomic E-state index is 0.0585. The molecular weight excluding hydrogens is 374 g/mol. The standard InChI is InChI=1S/C18H26BrNO2S/c1-13(2)14-7-8-17(16(19)11-14)22-12-18(21)20-9-10-23-15-5-3-4-6-15/h7-8,11,13,15H,3-6,9-10,12H2,1-2H3,(H,20,21). The van der Waals surface area contributed by atoms with Gasteiger partial charge in [-0.25, -0.2) is 0 Å². The highest BCUT2D eigenvalue weighted by atomic mass is 79.9. The second-order valence-electron chi connectivity index (χ2n) is 6.26. The number of hydrogen-bond acceptors (Lipinski definition) is 3. The van der Waals surface area contributed by atoms with E-state index in [1.165, 1.54) is 31.2 Å². The molecule has 0 radical (unpaired) electrons. The van der Waals surface area contributed by atoms with E-state index in [2.05, 4.69) is 41.2 Å². The summed E-state index contributed by atoms with van der Waals surface area (Å²) in [7, 11) is 0. The number of thioether (sulfide) groups is 1. The molecule has 0 aromatic heterocycles. The van der Waals surface area contributed by atoms with Crippen LogP contribution in [0, 0.1) is 0 Å². The third-order valence-corrected chi connectivity index (χ3v) is 6.06. The minimum atomic E-state index is -0.0585. The van der Waals surface area contributed by atoms with E-state index in [-0.39, 0.29) is 12.5 Å². The van der Waals surface area contributed by atoms with Crippen LogP contribution in [-0.2, 0) is 4.79 Å². The molecule has 1 aromatic rings. The number of nitrogens with one attached hydrogen (secondary N) is 1. The molecule has 0 heterocycles. The van der Waals surface area contributed by atoms with E-state index in [1.54, 1.807) is 0 Å². The fourth-order valence-electron chi connectivity index (χ4n) is 2.66. The lowest BCUT2D eigenvalue weighted by Crippen LogP contribution is -2.31. The van der Waals surface area contributed by atoms with E-state index in [4.69, 9.17) is 4.74 Å². The SMILES string of the molecule is CC(C)c1ccc(OCC(=O)NCCSC2CCCC2)c(Br)c1. The first kappa shape index (κ1) is 18.7. The topological polar surface area (TPSA) is 38.3 Å². The van der Waals surface area contributed by atoms with Crippen LogP contribution in [0.2, 0.25) is 0 Å². The molecule has 2 rings (SSSR count). The zero-order chi connectivity index (χ0) is 16.7. The van der Waals surface area contributed by atoms with Gasteiger partial charge >= 0.3 is 0 Å². The Morgan fingerprint density at radius 1 is 1.39 bits per heavy atom. The van der Waals surface area contributed by atoms with Crippen molar-refractivity contribution in [3.8, 4) is 5.75 Å². The van der Waals surface area contributed by atoms with Gasteiger partial charge in [0.1, 0.15) is 5.75 Å². The van der Waals surface area contributed by atoms with Crippen molar-refractivity contribution in [2.24, 2.45) is 0 Å². The molecule has 128 valence electrons. The number of carbonyl (C=O) groups excluding carboxylic acids is 1. The van der Waals surface area contributed by atoms with E-state index in [0.29, 0.717) is 11.7 Å². The van der Waals surface area contributed by atoms with Crippen LogP contribution in [0.1, 0.15) is 51.0 Å². The van der Waals surface area contributed by atoms with Crippen molar-refractivity contribution in [3.63, 3.8) is 0 Å². The molecule has 1 fully saturated rings. The van der Waals surface area contributed by atoms with Crippen molar-refractivity contribution in [1.29, 1.82) is 0 Å². The summed E-state index contributed by atoms with van der Waals surface area (Å²) in [4.78, 5) is 11.8. The molecule has 0 unspecified atom stereocenters. The Hall–Kier alpha value is -0.680. The molecule has 1 aliphatic carbocycles. The van der Waals surface area contributed by atoms with Crippen LogP contribution in [0.3, 0.4) is 0 Å². The van der Waals surface area contributed by atoms with Crippen LogP contribution in [0.4, 0.5) is 0 Å². The predicted molar refractivity (Wildman–Crippen MR) is 101 cm³/mol. The second-order valence-corrected chi connectivity index (χ2v) is 8.52. The van der Waals surface area contributed by atoms with E-state index in [0.717, 1.165) is 22.0 Å². The average molecular weight is 400 g/mol. The zero-order valence-electron chi connectivity index (χ0n) is 13.9. The van der Waals surface area contributed by atoms with Gasteiger partial charge in [-0.2, -0.15) is 11.8 Å². The summed E-state index contributed by atoms with van der Waals surface area (Å²) in [5.41, 5.74) is 1.25. The first-order chi connectivity index (χ1) is 11.1. The maximum atomic E-state index is 11.8. The molecule has 23 heavy (non-hydrogen) atoms. The fraction of sp³-hybridized carbons (Fsp3) is 0.611. The van der Waals surface area contributed by atoms with Gasteiger partial charge in [0.2, 0.25) is 0 Å².